The number of ether oxygens (including phenoxy) is 1. The summed E-state index contributed by atoms with van der Waals surface area (Å²) in [6.45, 7) is 0. The molecule has 9 nitrogen and oxygen atoms in total. The molecule has 1 N–H and O–H groups in total. The first-order valence-corrected chi connectivity index (χ1v) is 11.3. The number of non-ortho nitro benzene ring substituents is 1. The largest absolute Gasteiger partial charge is 0.504 e. The summed E-state index contributed by atoms with van der Waals surface area (Å²) >= 11 is 1.09. The van der Waals surface area contributed by atoms with Crippen LogP contribution in [-0.2, 0) is 4.79 Å². The second-order valence-corrected chi connectivity index (χ2v) is 8.29. The number of Topliss-reactive ketones (excluding diaryl/α,β-unsaturated/α-hetero) is 1. The number of phenolic OH excluding ortho intramolecular Hbond substituents is 1. The predicted octanol–water partition coefficient (Wildman–Crippen LogP) is 5.25. The molecule has 0 saturated carbocycles. The quantitative estimate of drug-likeness (QED) is 0.178. The molecule has 0 radical (unpaired) electrons. The smallest absolute Gasteiger partial charge is 0.283 e. The van der Waals surface area contributed by atoms with Crippen molar-refractivity contribution in [2.45, 2.75) is 0 Å². The summed E-state index contributed by atoms with van der Waals surface area (Å²) in [5.41, 5.74) is 1.58. The van der Waals surface area contributed by atoms with Crippen LogP contribution in [0.4, 0.5) is 11.4 Å². The molecule has 1 aliphatic heterocycles. The zero-order valence-electron chi connectivity index (χ0n) is 18.9. The van der Waals surface area contributed by atoms with Gasteiger partial charge in [0.15, 0.2) is 22.4 Å². The van der Waals surface area contributed by atoms with Gasteiger partial charge in [-0.3, -0.25) is 24.6 Å². The maximum atomic E-state index is 13.3. The molecule has 1 heterocycles. The second kappa shape index (κ2) is 11.6. The number of nitro groups is 1. The second-order valence-electron chi connectivity index (χ2n) is 7.35. The minimum Gasteiger partial charge on any atom is -0.504 e. The number of hydrogen-bond acceptors (Lipinski definition) is 8. The van der Waals surface area contributed by atoms with E-state index < -0.39 is 4.92 Å². The molecule has 0 atom stereocenters. The van der Waals surface area contributed by atoms with Crippen molar-refractivity contribution in [3.05, 3.63) is 99.7 Å². The first-order valence-electron chi connectivity index (χ1n) is 10.3. The molecule has 0 aromatic heterocycles. The Labute approximate surface area is 221 Å². The van der Waals surface area contributed by atoms with Crippen molar-refractivity contribution in [3.63, 3.8) is 0 Å². The molecule has 0 spiro atoms. The summed E-state index contributed by atoms with van der Waals surface area (Å²) in [4.78, 5) is 42.1. The zero-order chi connectivity index (χ0) is 24.9. The van der Waals surface area contributed by atoms with Gasteiger partial charge in [0.2, 0.25) is 0 Å². The van der Waals surface area contributed by atoms with Crippen LogP contribution < -0.4 is 9.64 Å². The average Bonchev–Trinajstić information content (AvgIpc) is 3.18. The van der Waals surface area contributed by atoms with Crippen LogP contribution in [0.25, 0.3) is 6.08 Å². The third-order valence-corrected chi connectivity index (χ3v) is 6.02. The summed E-state index contributed by atoms with van der Waals surface area (Å²) in [7, 11) is 1.43. The molecule has 1 aliphatic rings. The van der Waals surface area contributed by atoms with E-state index in [1.54, 1.807) is 42.5 Å². The Morgan fingerprint density at radius 2 is 1.83 bits per heavy atom. The van der Waals surface area contributed by atoms with Gasteiger partial charge in [0.25, 0.3) is 11.6 Å². The standard InChI is InChI=1S/C25H19N3O6S.BrH/c1-34-23-14-16(7-12-21(23)29)13-20-24(31)27(18-5-3-2-4-6-18)25(26-20)35-15-22(30)17-8-10-19(11-9-17)28(32)33;/h2-14,29H,15H2,1H3;1H/b20-13+;. The van der Waals surface area contributed by atoms with Crippen LogP contribution in [-0.4, -0.2) is 39.8 Å². The van der Waals surface area contributed by atoms with E-state index in [0.717, 1.165) is 11.8 Å². The van der Waals surface area contributed by atoms with Crippen LogP contribution in [0.3, 0.4) is 0 Å². The van der Waals surface area contributed by atoms with Gasteiger partial charge >= 0.3 is 0 Å². The van der Waals surface area contributed by atoms with Crippen LogP contribution >= 0.6 is 28.7 Å². The van der Waals surface area contributed by atoms with E-state index >= 15 is 0 Å². The number of ketones is 1. The number of amidine groups is 1. The lowest BCUT2D eigenvalue weighted by atomic mass is 10.1. The molecular weight excluding hydrogens is 550 g/mol. The highest BCUT2D eigenvalue weighted by molar-refractivity contribution is 8.93. The van der Waals surface area contributed by atoms with E-state index in [9.17, 15) is 24.8 Å². The predicted molar refractivity (Wildman–Crippen MR) is 144 cm³/mol. The number of carbonyl (C=O) groups is 2. The number of phenols is 1. The number of rotatable bonds is 7. The SMILES string of the molecule is Br.COc1cc(/C=C2/N=C(SCC(=O)c3ccc([N+](=O)[O-])cc3)N(c3ccccc3)C2=O)ccc1O. The van der Waals surface area contributed by atoms with E-state index in [-0.39, 0.29) is 57.3 Å². The summed E-state index contributed by atoms with van der Waals surface area (Å²) in [6, 6.07) is 19.0. The fraction of sp³-hybridized carbons (Fsp3) is 0.0800. The molecule has 184 valence electrons. The number of carbonyl (C=O) groups excluding carboxylic acids is 2. The Morgan fingerprint density at radius 1 is 1.14 bits per heavy atom. The third-order valence-electron chi connectivity index (χ3n) is 5.08. The molecule has 0 fully saturated rings. The zero-order valence-corrected chi connectivity index (χ0v) is 21.4. The van der Waals surface area contributed by atoms with Crippen molar-refractivity contribution < 1.29 is 24.4 Å². The minimum absolute atomic E-state index is 0. The van der Waals surface area contributed by atoms with E-state index in [0.29, 0.717) is 22.0 Å². The summed E-state index contributed by atoms with van der Waals surface area (Å²) in [5.74, 6) is -0.407. The number of aromatic hydroxyl groups is 1. The highest BCUT2D eigenvalue weighted by Crippen LogP contribution is 2.32. The number of nitro benzene ring substituents is 1. The highest BCUT2D eigenvalue weighted by Gasteiger charge is 2.32. The van der Waals surface area contributed by atoms with Crippen molar-refractivity contribution >= 4 is 63.1 Å². The fourth-order valence-electron chi connectivity index (χ4n) is 3.32. The molecule has 1 amide bonds. The van der Waals surface area contributed by atoms with Crippen molar-refractivity contribution in [1.82, 2.24) is 0 Å². The molecule has 0 saturated heterocycles. The highest BCUT2D eigenvalue weighted by atomic mass is 79.9. The Kier molecular flexibility index (Phi) is 8.62. The Balaban J connectivity index is 0.00000361. The summed E-state index contributed by atoms with van der Waals surface area (Å²) in [5, 5.41) is 21.0. The normalized spacial score (nSPS) is 13.8. The molecule has 0 unspecified atom stereocenters. The van der Waals surface area contributed by atoms with Gasteiger partial charge in [-0.25, -0.2) is 4.99 Å². The third kappa shape index (κ3) is 5.81. The van der Waals surface area contributed by atoms with Crippen LogP contribution in [0.15, 0.2) is 83.5 Å². The monoisotopic (exact) mass is 569 g/mol. The topological polar surface area (TPSA) is 122 Å². The number of nitrogens with zero attached hydrogens (tertiary/aromatic N) is 3. The van der Waals surface area contributed by atoms with E-state index in [1.807, 2.05) is 6.07 Å². The fourth-order valence-corrected chi connectivity index (χ4v) is 4.23. The van der Waals surface area contributed by atoms with Gasteiger partial charge in [-0.05, 0) is 48.0 Å². The summed E-state index contributed by atoms with van der Waals surface area (Å²) in [6.07, 6.45) is 1.58. The van der Waals surface area contributed by atoms with E-state index in [1.165, 1.54) is 42.3 Å². The number of hydrogen-bond donors (Lipinski definition) is 1. The number of halogens is 1. The lowest BCUT2D eigenvalue weighted by molar-refractivity contribution is -0.384. The lowest BCUT2D eigenvalue weighted by Crippen LogP contribution is -2.30. The minimum atomic E-state index is -0.531. The van der Waals surface area contributed by atoms with E-state index in [4.69, 9.17) is 4.74 Å². The lowest BCUT2D eigenvalue weighted by Gasteiger charge is -2.17. The number of benzene rings is 3. The van der Waals surface area contributed by atoms with Gasteiger partial charge in [-0.2, -0.15) is 0 Å². The van der Waals surface area contributed by atoms with Crippen LogP contribution in [0.1, 0.15) is 15.9 Å². The van der Waals surface area contributed by atoms with Gasteiger partial charge < -0.3 is 9.84 Å². The van der Waals surface area contributed by atoms with Crippen LogP contribution in [0.5, 0.6) is 11.5 Å². The molecule has 11 heteroatoms. The van der Waals surface area contributed by atoms with Crippen molar-refractivity contribution in [2.75, 3.05) is 17.8 Å². The first-order chi connectivity index (χ1) is 16.9. The Hall–Kier alpha value is -3.96. The number of methoxy groups -OCH3 is 1. The van der Waals surface area contributed by atoms with Gasteiger partial charge in [0.1, 0.15) is 5.70 Å². The van der Waals surface area contributed by atoms with Crippen LogP contribution in [0, 0.1) is 10.1 Å². The average molecular weight is 570 g/mol. The molecule has 3 aromatic carbocycles. The van der Waals surface area contributed by atoms with Gasteiger partial charge in [0.05, 0.1) is 23.5 Å². The molecule has 0 aliphatic carbocycles. The first kappa shape index (κ1) is 26.6. The van der Waals surface area contributed by atoms with Gasteiger partial charge in [0, 0.05) is 17.7 Å². The Bertz CT molecular complexity index is 1360. The summed E-state index contributed by atoms with van der Waals surface area (Å²) < 4.78 is 5.13. The number of amides is 1. The number of thioether (sulfide) groups is 1. The number of anilines is 1. The molecular formula is C25H20BrN3O6S. The van der Waals surface area contributed by atoms with Crippen LogP contribution in [0.2, 0.25) is 0 Å². The molecule has 4 rings (SSSR count). The number of aliphatic imine (C=N–C) groups is 1. The molecule has 36 heavy (non-hydrogen) atoms. The molecule has 3 aromatic rings. The van der Waals surface area contributed by atoms with Crippen molar-refractivity contribution in [1.29, 1.82) is 0 Å². The van der Waals surface area contributed by atoms with Crippen molar-refractivity contribution in [3.8, 4) is 11.5 Å². The Morgan fingerprint density at radius 3 is 2.47 bits per heavy atom. The number of para-hydroxylation sites is 1. The maximum Gasteiger partial charge on any atom is 0.283 e. The van der Waals surface area contributed by atoms with E-state index in [2.05, 4.69) is 4.99 Å². The van der Waals surface area contributed by atoms with Gasteiger partial charge in [-0.15, -0.1) is 17.0 Å². The molecule has 0 bridgehead atoms. The maximum absolute atomic E-state index is 13.3. The van der Waals surface area contributed by atoms with Crippen molar-refractivity contribution in [2.24, 2.45) is 4.99 Å². The van der Waals surface area contributed by atoms with Gasteiger partial charge in [-0.1, -0.05) is 36.0 Å².